The average Bonchev–Trinajstić information content (AvgIpc) is 2.77. The van der Waals surface area contributed by atoms with Gasteiger partial charge in [-0.25, -0.2) is 0 Å². The van der Waals surface area contributed by atoms with Crippen LogP contribution < -0.4 is 5.73 Å². The molecule has 2 aliphatic heterocycles. The minimum atomic E-state index is -1.35. The fourth-order valence-corrected chi connectivity index (χ4v) is 4.01. The summed E-state index contributed by atoms with van der Waals surface area (Å²) >= 11 is 0. The summed E-state index contributed by atoms with van der Waals surface area (Å²) in [6.45, 7) is 11.0. The van der Waals surface area contributed by atoms with Crippen LogP contribution in [0.2, 0.25) is 6.32 Å². The molecule has 0 saturated carbocycles. The fraction of sp³-hybridized carbons (Fsp3) is 0.950. The third kappa shape index (κ3) is 10.6. The van der Waals surface area contributed by atoms with Crippen molar-refractivity contribution >= 4 is 13.1 Å². The molecule has 2 rings (SSSR count). The molecule has 0 aromatic rings. The predicted octanol–water partition coefficient (Wildman–Crippen LogP) is -1.23. The first kappa shape index (κ1) is 26.5. The summed E-state index contributed by atoms with van der Waals surface area (Å²) in [5.41, 5.74) is 4.98. The van der Waals surface area contributed by atoms with Gasteiger partial charge in [-0.2, -0.15) is 0 Å². The number of ether oxygens (including phenoxy) is 2. The normalized spacial score (nSPS) is 20.6. The molecule has 2 aliphatic rings. The van der Waals surface area contributed by atoms with E-state index in [1.165, 1.54) is 0 Å². The second-order valence-corrected chi connectivity index (χ2v) is 8.69. The van der Waals surface area contributed by atoms with Gasteiger partial charge >= 0.3 is 13.1 Å². The van der Waals surface area contributed by atoms with Crippen molar-refractivity contribution in [3.8, 4) is 0 Å². The molecule has 1 unspecified atom stereocenters. The Kier molecular flexibility index (Phi) is 12.3. The Labute approximate surface area is 186 Å². The van der Waals surface area contributed by atoms with Crippen LogP contribution >= 0.6 is 0 Å². The van der Waals surface area contributed by atoms with Gasteiger partial charge in [0.05, 0.1) is 26.4 Å². The first-order valence-electron chi connectivity index (χ1n) is 11.6. The Hall–Kier alpha value is -0.785. The van der Waals surface area contributed by atoms with Gasteiger partial charge < -0.3 is 35.3 Å². The van der Waals surface area contributed by atoms with E-state index in [9.17, 15) is 9.90 Å². The van der Waals surface area contributed by atoms with Crippen LogP contribution in [-0.4, -0.2) is 134 Å². The van der Waals surface area contributed by atoms with Crippen molar-refractivity contribution in [2.24, 2.45) is 5.73 Å². The van der Waals surface area contributed by atoms with Gasteiger partial charge in [-0.1, -0.05) is 12.8 Å². The van der Waals surface area contributed by atoms with Crippen LogP contribution in [0.15, 0.2) is 0 Å². The molecule has 0 aromatic carbocycles. The number of carbonyl (C=O) groups is 1. The van der Waals surface area contributed by atoms with Crippen LogP contribution in [0.25, 0.3) is 0 Å². The molecular formula is C20H41BN4O6. The molecule has 180 valence electrons. The van der Waals surface area contributed by atoms with E-state index in [4.69, 9.17) is 25.3 Å². The third-order valence-electron chi connectivity index (χ3n) is 6.31. The molecule has 0 radical (unpaired) electrons. The second kappa shape index (κ2) is 14.4. The number of rotatable bonds is 15. The summed E-state index contributed by atoms with van der Waals surface area (Å²) in [5.74, 6) is -0.988. The standard InChI is InChI=1S/C20H41BN4O6/c22-20(19(26)27,3-1-2-5-21(28)29)4-6-23(7-9-24-11-15-30-16-12-24)8-10-25-13-17-31-18-14-25/h28-29H,1-18,22H2,(H,26,27). The molecule has 0 amide bonds. The first-order valence-corrected chi connectivity index (χ1v) is 11.6. The van der Waals surface area contributed by atoms with Crippen molar-refractivity contribution in [3.05, 3.63) is 0 Å². The summed E-state index contributed by atoms with van der Waals surface area (Å²) in [4.78, 5) is 19.0. The van der Waals surface area contributed by atoms with E-state index in [0.717, 1.165) is 78.8 Å². The largest absolute Gasteiger partial charge is 0.480 e. The Balaban J connectivity index is 1.85. The molecule has 2 saturated heterocycles. The van der Waals surface area contributed by atoms with Gasteiger partial charge in [-0.3, -0.25) is 14.6 Å². The molecule has 2 fully saturated rings. The highest BCUT2D eigenvalue weighted by Gasteiger charge is 2.33. The van der Waals surface area contributed by atoms with E-state index in [1.807, 2.05) is 0 Å². The maximum Gasteiger partial charge on any atom is 0.451 e. The molecule has 1 atom stereocenters. The summed E-state index contributed by atoms with van der Waals surface area (Å²) in [7, 11) is -1.35. The average molecular weight is 444 g/mol. The van der Waals surface area contributed by atoms with Gasteiger partial charge in [0.2, 0.25) is 0 Å². The van der Waals surface area contributed by atoms with E-state index in [2.05, 4.69) is 14.7 Å². The Morgan fingerprint density at radius 3 is 1.87 bits per heavy atom. The van der Waals surface area contributed by atoms with Crippen LogP contribution in [0.3, 0.4) is 0 Å². The van der Waals surface area contributed by atoms with E-state index in [-0.39, 0.29) is 6.32 Å². The number of hydrogen-bond acceptors (Lipinski definition) is 9. The smallest absolute Gasteiger partial charge is 0.451 e. The van der Waals surface area contributed by atoms with Crippen molar-refractivity contribution in [1.82, 2.24) is 14.7 Å². The quantitative estimate of drug-likeness (QED) is 0.180. The number of nitrogens with zero attached hydrogens (tertiary/aromatic N) is 3. The van der Waals surface area contributed by atoms with E-state index >= 15 is 0 Å². The zero-order valence-corrected chi connectivity index (χ0v) is 18.8. The maximum atomic E-state index is 11.9. The Morgan fingerprint density at radius 1 is 0.903 bits per heavy atom. The highest BCUT2D eigenvalue weighted by atomic mass is 16.5. The highest BCUT2D eigenvalue weighted by molar-refractivity contribution is 6.40. The monoisotopic (exact) mass is 444 g/mol. The van der Waals surface area contributed by atoms with Crippen LogP contribution in [0, 0.1) is 0 Å². The summed E-state index contributed by atoms with van der Waals surface area (Å²) in [6.07, 6.45) is 2.04. The molecule has 11 heteroatoms. The molecule has 5 N–H and O–H groups in total. The second-order valence-electron chi connectivity index (χ2n) is 8.69. The SMILES string of the molecule is NC(CCCCB(O)O)(CCN(CCN1CCOCC1)CCN1CCOCC1)C(=O)O. The molecular weight excluding hydrogens is 403 g/mol. The summed E-state index contributed by atoms with van der Waals surface area (Å²) in [5, 5.41) is 27.7. The maximum absolute atomic E-state index is 11.9. The number of carboxylic acids is 1. The topological polar surface area (TPSA) is 132 Å². The van der Waals surface area contributed by atoms with Crippen LogP contribution in [0.1, 0.15) is 25.7 Å². The lowest BCUT2D eigenvalue weighted by atomic mass is 9.81. The van der Waals surface area contributed by atoms with E-state index in [0.29, 0.717) is 32.2 Å². The van der Waals surface area contributed by atoms with Crippen LogP contribution in [-0.2, 0) is 14.3 Å². The van der Waals surface area contributed by atoms with Crippen molar-refractivity contribution in [3.63, 3.8) is 0 Å². The van der Waals surface area contributed by atoms with Crippen molar-refractivity contribution < 1.29 is 29.4 Å². The first-order chi connectivity index (χ1) is 14.9. The molecule has 0 aromatic heterocycles. The molecule has 0 spiro atoms. The zero-order valence-electron chi connectivity index (χ0n) is 18.8. The van der Waals surface area contributed by atoms with Crippen molar-refractivity contribution in [2.45, 2.75) is 37.5 Å². The molecule has 0 bridgehead atoms. The molecule has 31 heavy (non-hydrogen) atoms. The number of nitrogens with two attached hydrogens (primary N) is 1. The molecule has 2 heterocycles. The van der Waals surface area contributed by atoms with E-state index in [1.54, 1.807) is 0 Å². The predicted molar refractivity (Wildman–Crippen MR) is 119 cm³/mol. The van der Waals surface area contributed by atoms with Gasteiger partial charge in [-0.05, 0) is 19.2 Å². The number of carboxylic acid groups (broad SMARTS) is 1. The van der Waals surface area contributed by atoms with Crippen molar-refractivity contribution in [1.29, 1.82) is 0 Å². The highest BCUT2D eigenvalue weighted by Crippen LogP contribution is 2.18. The summed E-state index contributed by atoms with van der Waals surface area (Å²) in [6, 6.07) is 0. The molecule has 10 nitrogen and oxygen atoms in total. The lowest BCUT2D eigenvalue weighted by Crippen LogP contribution is -2.51. The van der Waals surface area contributed by atoms with Gasteiger partial charge in [-0.15, -0.1) is 0 Å². The third-order valence-corrected chi connectivity index (χ3v) is 6.31. The lowest BCUT2D eigenvalue weighted by molar-refractivity contribution is -0.144. The van der Waals surface area contributed by atoms with Gasteiger partial charge in [0.25, 0.3) is 0 Å². The number of unbranched alkanes of at least 4 members (excludes halogenated alkanes) is 1. The minimum Gasteiger partial charge on any atom is -0.480 e. The number of aliphatic carboxylic acids is 1. The molecule has 0 aliphatic carbocycles. The Morgan fingerprint density at radius 2 is 1.42 bits per heavy atom. The van der Waals surface area contributed by atoms with Gasteiger partial charge in [0.1, 0.15) is 5.54 Å². The number of morpholine rings is 2. The Bertz CT molecular complexity index is 484. The van der Waals surface area contributed by atoms with Crippen LogP contribution in [0.4, 0.5) is 0 Å². The van der Waals surface area contributed by atoms with Gasteiger partial charge in [0.15, 0.2) is 0 Å². The van der Waals surface area contributed by atoms with Gasteiger partial charge in [0, 0.05) is 58.9 Å². The number of hydrogen-bond donors (Lipinski definition) is 4. The zero-order chi connectivity index (χ0) is 22.5. The van der Waals surface area contributed by atoms with Crippen LogP contribution in [0.5, 0.6) is 0 Å². The van der Waals surface area contributed by atoms with Crippen molar-refractivity contribution in [2.75, 3.05) is 85.3 Å². The lowest BCUT2D eigenvalue weighted by Gasteiger charge is -2.34. The van der Waals surface area contributed by atoms with E-state index < -0.39 is 18.6 Å². The summed E-state index contributed by atoms with van der Waals surface area (Å²) < 4.78 is 10.9. The minimum absolute atomic E-state index is 0.237. The fourth-order valence-electron chi connectivity index (χ4n) is 4.01.